The van der Waals surface area contributed by atoms with Crippen LogP contribution in [-0.4, -0.2) is 44.1 Å². The molecule has 1 heterocycles. The molecular formula is C16H21ClN2O4S. The largest absolute Gasteiger partial charge is 0.342 e. The van der Waals surface area contributed by atoms with Gasteiger partial charge in [-0.25, -0.2) is 13.1 Å². The number of aryl methyl sites for hydroxylation is 1. The Labute approximate surface area is 147 Å². The lowest BCUT2D eigenvalue weighted by atomic mass is 9.93. The molecule has 2 amide bonds. The van der Waals surface area contributed by atoms with Gasteiger partial charge < -0.3 is 4.90 Å². The lowest BCUT2D eigenvalue weighted by Crippen LogP contribution is -2.40. The van der Waals surface area contributed by atoms with Crippen LogP contribution < -0.4 is 4.72 Å². The number of piperidine rings is 1. The van der Waals surface area contributed by atoms with E-state index in [0.717, 1.165) is 5.56 Å². The lowest BCUT2D eigenvalue weighted by Gasteiger charge is -2.31. The van der Waals surface area contributed by atoms with Gasteiger partial charge >= 0.3 is 0 Å². The monoisotopic (exact) mass is 372 g/mol. The minimum absolute atomic E-state index is 0.0417. The van der Waals surface area contributed by atoms with Crippen LogP contribution in [0.5, 0.6) is 0 Å². The average molecular weight is 373 g/mol. The molecule has 0 aliphatic carbocycles. The fraction of sp³-hybridized carbons (Fsp3) is 0.500. The molecule has 2 rings (SSSR count). The number of likely N-dealkylation sites (tertiary alicyclic amines) is 1. The number of halogens is 1. The van der Waals surface area contributed by atoms with Crippen LogP contribution in [-0.2, 0) is 19.6 Å². The summed E-state index contributed by atoms with van der Waals surface area (Å²) >= 11 is 5.52. The van der Waals surface area contributed by atoms with E-state index in [4.69, 9.17) is 11.6 Å². The molecule has 1 saturated heterocycles. The van der Waals surface area contributed by atoms with Gasteiger partial charge in [0.1, 0.15) is 5.88 Å². The molecule has 1 aliphatic rings. The Bertz CT molecular complexity index is 695. The van der Waals surface area contributed by atoms with E-state index in [0.29, 0.717) is 25.9 Å². The molecule has 1 fully saturated rings. The summed E-state index contributed by atoms with van der Waals surface area (Å²) in [6, 6.07) is 6.31. The molecule has 132 valence electrons. The average Bonchev–Trinajstić information content (AvgIpc) is 2.54. The number of rotatable bonds is 5. The molecular weight excluding hydrogens is 352 g/mol. The van der Waals surface area contributed by atoms with Crippen LogP contribution >= 0.6 is 11.6 Å². The van der Waals surface area contributed by atoms with E-state index in [-0.39, 0.29) is 29.0 Å². The summed E-state index contributed by atoms with van der Waals surface area (Å²) in [5.74, 6) is -0.600. The summed E-state index contributed by atoms with van der Waals surface area (Å²) in [7, 11) is -3.84. The first-order valence-corrected chi connectivity index (χ1v) is 9.79. The summed E-state index contributed by atoms with van der Waals surface area (Å²) in [5.41, 5.74) is 0.943. The van der Waals surface area contributed by atoms with Gasteiger partial charge in [0.05, 0.1) is 4.90 Å². The van der Waals surface area contributed by atoms with Crippen molar-refractivity contribution in [2.24, 2.45) is 5.92 Å². The maximum Gasteiger partial charge on any atom is 0.264 e. The van der Waals surface area contributed by atoms with Gasteiger partial charge in [0.15, 0.2) is 0 Å². The molecule has 0 bridgehead atoms. The minimum Gasteiger partial charge on any atom is -0.342 e. The van der Waals surface area contributed by atoms with Crippen molar-refractivity contribution in [1.29, 1.82) is 0 Å². The number of amides is 2. The smallest absolute Gasteiger partial charge is 0.264 e. The van der Waals surface area contributed by atoms with Crippen LogP contribution in [0.2, 0.25) is 0 Å². The summed E-state index contributed by atoms with van der Waals surface area (Å²) in [4.78, 5) is 25.3. The minimum atomic E-state index is -3.84. The first-order chi connectivity index (χ1) is 11.3. The number of nitrogens with one attached hydrogen (secondary N) is 1. The van der Waals surface area contributed by atoms with E-state index in [1.165, 1.54) is 12.1 Å². The molecule has 0 unspecified atom stereocenters. The van der Waals surface area contributed by atoms with Crippen molar-refractivity contribution in [2.75, 3.05) is 19.0 Å². The SMILES string of the molecule is Cc1ccc(S(=O)(=O)NC(=O)CC2CCN(C(=O)CCl)CC2)cc1. The Hall–Kier alpha value is -1.60. The topological polar surface area (TPSA) is 83.6 Å². The maximum absolute atomic E-state index is 12.2. The number of hydrogen-bond acceptors (Lipinski definition) is 4. The molecule has 0 atom stereocenters. The van der Waals surface area contributed by atoms with Crippen molar-refractivity contribution in [2.45, 2.75) is 31.1 Å². The highest BCUT2D eigenvalue weighted by atomic mass is 35.5. The molecule has 8 heteroatoms. The highest BCUT2D eigenvalue weighted by molar-refractivity contribution is 7.90. The number of carbonyl (C=O) groups is 2. The molecule has 6 nitrogen and oxygen atoms in total. The van der Waals surface area contributed by atoms with Gasteiger partial charge in [0.25, 0.3) is 10.0 Å². The lowest BCUT2D eigenvalue weighted by molar-refractivity contribution is -0.130. The zero-order valence-corrected chi connectivity index (χ0v) is 15.1. The van der Waals surface area contributed by atoms with E-state index in [1.54, 1.807) is 17.0 Å². The van der Waals surface area contributed by atoms with E-state index in [2.05, 4.69) is 4.72 Å². The van der Waals surface area contributed by atoms with E-state index in [1.807, 2.05) is 6.92 Å². The maximum atomic E-state index is 12.2. The van der Waals surface area contributed by atoms with Crippen LogP contribution in [0.3, 0.4) is 0 Å². The van der Waals surface area contributed by atoms with Gasteiger partial charge in [-0.3, -0.25) is 9.59 Å². The number of benzene rings is 1. The normalized spacial score (nSPS) is 16.0. The van der Waals surface area contributed by atoms with E-state index in [9.17, 15) is 18.0 Å². The fourth-order valence-electron chi connectivity index (χ4n) is 2.70. The van der Waals surface area contributed by atoms with Crippen LogP contribution in [0.15, 0.2) is 29.2 Å². The predicted molar refractivity (Wildman–Crippen MR) is 91.1 cm³/mol. The first-order valence-electron chi connectivity index (χ1n) is 7.78. The summed E-state index contributed by atoms with van der Waals surface area (Å²) in [5, 5.41) is 0. The zero-order chi connectivity index (χ0) is 17.7. The Morgan fingerprint density at radius 2 is 1.79 bits per heavy atom. The third-order valence-electron chi connectivity index (χ3n) is 4.14. The Morgan fingerprint density at radius 3 is 2.33 bits per heavy atom. The van der Waals surface area contributed by atoms with Gasteiger partial charge in [-0.05, 0) is 37.8 Å². The molecule has 24 heavy (non-hydrogen) atoms. The van der Waals surface area contributed by atoms with Crippen molar-refractivity contribution in [1.82, 2.24) is 9.62 Å². The third kappa shape index (κ3) is 4.95. The highest BCUT2D eigenvalue weighted by Gasteiger charge is 2.25. The molecule has 0 radical (unpaired) electrons. The number of carbonyl (C=O) groups excluding carboxylic acids is 2. The highest BCUT2D eigenvalue weighted by Crippen LogP contribution is 2.21. The summed E-state index contributed by atoms with van der Waals surface area (Å²) in [6.07, 6.45) is 1.47. The van der Waals surface area contributed by atoms with Gasteiger partial charge in [-0.1, -0.05) is 17.7 Å². The number of sulfonamides is 1. The van der Waals surface area contributed by atoms with Crippen LogP contribution in [0.25, 0.3) is 0 Å². The molecule has 0 aromatic heterocycles. The van der Waals surface area contributed by atoms with Gasteiger partial charge in [-0.2, -0.15) is 0 Å². The van der Waals surface area contributed by atoms with Gasteiger partial charge in [0, 0.05) is 19.5 Å². The van der Waals surface area contributed by atoms with E-state index < -0.39 is 15.9 Å². The second-order valence-corrected chi connectivity index (χ2v) is 7.95. The predicted octanol–water partition coefficient (Wildman–Crippen LogP) is 1.67. The molecule has 1 aliphatic heterocycles. The van der Waals surface area contributed by atoms with Crippen LogP contribution in [0, 0.1) is 12.8 Å². The standard InChI is InChI=1S/C16H21ClN2O4S/c1-12-2-4-14(5-3-12)24(22,23)18-15(20)10-13-6-8-19(9-7-13)16(21)11-17/h2-5,13H,6-11H2,1H3,(H,18,20). The van der Waals surface area contributed by atoms with Crippen molar-refractivity contribution >= 4 is 33.4 Å². The third-order valence-corrected chi connectivity index (χ3v) is 5.75. The second kappa shape index (κ2) is 7.98. The van der Waals surface area contributed by atoms with Gasteiger partial charge in [-0.15, -0.1) is 11.6 Å². The second-order valence-electron chi connectivity index (χ2n) is 6.00. The van der Waals surface area contributed by atoms with Crippen molar-refractivity contribution < 1.29 is 18.0 Å². The Morgan fingerprint density at radius 1 is 1.21 bits per heavy atom. The molecule has 0 spiro atoms. The Kier molecular flexibility index (Phi) is 6.23. The van der Waals surface area contributed by atoms with Crippen LogP contribution in [0.1, 0.15) is 24.8 Å². The number of hydrogen-bond donors (Lipinski definition) is 1. The Balaban J connectivity index is 1.87. The molecule has 0 saturated carbocycles. The first kappa shape index (κ1) is 18.7. The van der Waals surface area contributed by atoms with Crippen molar-refractivity contribution in [3.05, 3.63) is 29.8 Å². The quantitative estimate of drug-likeness (QED) is 0.797. The van der Waals surface area contributed by atoms with Gasteiger partial charge in [0.2, 0.25) is 11.8 Å². The fourth-order valence-corrected chi connectivity index (χ4v) is 3.87. The molecule has 1 aromatic carbocycles. The van der Waals surface area contributed by atoms with Crippen LogP contribution in [0.4, 0.5) is 0 Å². The van der Waals surface area contributed by atoms with Crippen molar-refractivity contribution in [3.8, 4) is 0 Å². The van der Waals surface area contributed by atoms with Crippen molar-refractivity contribution in [3.63, 3.8) is 0 Å². The number of alkyl halides is 1. The van der Waals surface area contributed by atoms with E-state index >= 15 is 0 Å². The zero-order valence-electron chi connectivity index (χ0n) is 13.5. The molecule has 1 aromatic rings. The summed E-state index contributed by atoms with van der Waals surface area (Å²) in [6.45, 7) is 2.96. The summed E-state index contributed by atoms with van der Waals surface area (Å²) < 4.78 is 26.5. The number of nitrogens with zero attached hydrogens (tertiary/aromatic N) is 1. The molecule has 1 N–H and O–H groups in total.